The fourth-order valence-electron chi connectivity index (χ4n) is 3.06. The van der Waals surface area contributed by atoms with Gasteiger partial charge in [-0.25, -0.2) is 0 Å². The molecule has 0 saturated carbocycles. The summed E-state index contributed by atoms with van der Waals surface area (Å²) in [4.78, 5) is 13.4. The monoisotopic (exact) mass is 281 g/mol. The van der Waals surface area contributed by atoms with Crippen LogP contribution in [-0.2, 0) is 11.3 Å². The molecular formula is C18H19NO2. The lowest BCUT2D eigenvalue weighted by Crippen LogP contribution is -2.43. The molecule has 0 aromatic heterocycles. The Morgan fingerprint density at radius 2 is 1.81 bits per heavy atom. The number of hydrogen-bond acceptors (Lipinski definition) is 2. The van der Waals surface area contributed by atoms with Crippen LogP contribution >= 0.6 is 0 Å². The van der Waals surface area contributed by atoms with Crippen LogP contribution in [0.3, 0.4) is 0 Å². The lowest BCUT2D eigenvalue weighted by atomic mass is 9.84. The van der Waals surface area contributed by atoms with Crippen molar-refractivity contribution in [2.45, 2.75) is 25.4 Å². The Balaban J connectivity index is 2.00. The van der Waals surface area contributed by atoms with Gasteiger partial charge in [0.05, 0.1) is 0 Å². The van der Waals surface area contributed by atoms with Crippen LogP contribution < -0.4 is 0 Å². The molecule has 0 amide bonds. The highest BCUT2D eigenvalue weighted by atomic mass is 16.4. The van der Waals surface area contributed by atoms with Crippen LogP contribution in [-0.4, -0.2) is 28.6 Å². The summed E-state index contributed by atoms with van der Waals surface area (Å²) < 4.78 is 0. The molecule has 3 rings (SSSR count). The van der Waals surface area contributed by atoms with Crippen LogP contribution in [0.1, 0.15) is 29.5 Å². The van der Waals surface area contributed by atoms with Gasteiger partial charge in [0.2, 0.25) is 0 Å². The molecule has 3 heteroatoms. The Kier molecular flexibility index (Phi) is 3.76. The van der Waals surface area contributed by atoms with Gasteiger partial charge in [0.1, 0.15) is 6.04 Å². The Morgan fingerprint density at radius 3 is 2.52 bits per heavy atom. The third kappa shape index (κ3) is 2.69. The number of benzene rings is 2. The zero-order valence-corrected chi connectivity index (χ0v) is 12.1. The van der Waals surface area contributed by atoms with E-state index in [1.165, 1.54) is 16.7 Å². The van der Waals surface area contributed by atoms with Gasteiger partial charge in [-0.05, 0) is 23.6 Å². The number of carbonyl (C=O) groups is 1. The summed E-state index contributed by atoms with van der Waals surface area (Å²) in [5.74, 6) is -0.529. The van der Waals surface area contributed by atoms with Crippen molar-refractivity contribution >= 4 is 5.97 Å². The molecule has 0 radical (unpaired) electrons. The van der Waals surface area contributed by atoms with Gasteiger partial charge in [-0.2, -0.15) is 0 Å². The number of hydrogen-bond donors (Lipinski definition) is 1. The standard InChI is InChI=1S/C18H19NO2/c1-13(18(20)21)19-11-15-9-5-6-10-16(15)17(12-19)14-7-3-2-4-8-14/h2-10,13,17H,11-12H2,1H3,(H,20,21). The quantitative estimate of drug-likeness (QED) is 0.939. The average molecular weight is 281 g/mol. The first kappa shape index (κ1) is 13.8. The van der Waals surface area contributed by atoms with E-state index in [1.54, 1.807) is 6.92 Å². The number of fused-ring (bicyclic) bond motifs is 1. The number of rotatable bonds is 3. The Labute approximate surface area is 124 Å². The molecule has 0 fully saturated rings. The molecule has 3 nitrogen and oxygen atoms in total. The molecule has 2 atom stereocenters. The molecule has 1 N–H and O–H groups in total. The van der Waals surface area contributed by atoms with Crippen molar-refractivity contribution in [2.24, 2.45) is 0 Å². The molecule has 1 heterocycles. The van der Waals surface area contributed by atoms with Crippen LogP contribution in [0, 0.1) is 0 Å². The van der Waals surface area contributed by atoms with Crippen molar-refractivity contribution < 1.29 is 9.90 Å². The van der Waals surface area contributed by atoms with Crippen molar-refractivity contribution in [3.05, 3.63) is 71.3 Å². The number of aliphatic carboxylic acids is 1. The molecule has 1 aliphatic rings. The predicted octanol–water partition coefficient (Wildman–Crippen LogP) is 3.11. The van der Waals surface area contributed by atoms with E-state index >= 15 is 0 Å². The summed E-state index contributed by atoms with van der Waals surface area (Å²) in [7, 11) is 0. The fraction of sp³-hybridized carbons (Fsp3) is 0.278. The normalized spacial score (nSPS) is 19.8. The van der Waals surface area contributed by atoms with E-state index in [0.717, 1.165) is 6.54 Å². The van der Waals surface area contributed by atoms with E-state index in [4.69, 9.17) is 0 Å². The summed E-state index contributed by atoms with van der Waals surface area (Å²) in [5, 5.41) is 9.30. The van der Waals surface area contributed by atoms with Crippen LogP contribution in [0.15, 0.2) is 54.6 Å². The van der Waals surface area contributed by atoms with Crippen LogP contribution in [0.25, 0.3) is 0 Å². The average Bonchev–Trinajstić information content (AvgIpc) is 2.53. The largest absolute Gasteiger partial charge is 0.480 e. The van der Waals surface area contributed by atoms with Crippen molar-refractivity contribution in [1.82, 2.24) is 4.90 Å². The van der Waals surface area contributed by atoms with Gasteiger partial charge >= 0.3 is 5.97 Å². The van der Waals surface area contributed by atoms with Crippen LogP contribution in [0.2, 0.25) is 0 Å². The fourth-order valence-corrected chi connectivity index (χ4v) is 3.06. The second-order valence-electron chi connectivity index (χ2n) is 5.61. The maximum atomic E-state index is 11.3. The lowest BCUT2D eigenvalue weighted by molar-refractivity contribution is -0.143. The lowest BCUT2D eigenvalue weighted by Gasteiger charge is -2.37. The summed E-state index contributed by atoms with van der Waals surface area (Å²) in [5.41, 5.74) is 3.79. The Hall–Kier alpha value is -2.13. The highest BCUT2D eigenvalue weighted by molar-refractivity contribution is 5.73. The van der Waals surface area contributed by atoms with Gasteiger partial charge in [-0.3, -0.25) is 9.69 Å². The molecule has 1 aliphatic heterocycles. The van der Waals surface area contributed by atoms with Crippen molar-refractivity contribution in [3.8, 4) is 0 Å². The van der Waals surface area contributed by atoms with E-state index in [-0.39, 0.29) is 5.92 Å². The molecule has 2 aromatic carbocycles. The molecule has 2 aromatic rings. The smallest absolute Gasteiger partial charge is 0.320 e. The third-order valence-electron chi connectivity index (χ3n) is 4.33. The van der Waals surface area contributed by atoms with Crippen LogP contribution in [0.4, 0.5) is 0 Å². The first-order valence-corrected chi connectivity index (χ1v) is 7.26. The SMILES string of the molecule is CC(C(=O)O)N1Cc2ccccc2C(c2ccccc2)C1. The van der Waals surface area contributed by atoms with Crippen LogP contribution in [0.5, 0.6) is 0 Å². The topological polar surface area (TPSA) is 40.5 Å². The number of nitrogens with zero attached hydrogens (tertiary/aromatic N) is 1. The molecule has 0 spiro atoms. The second kappa shape index (κ2) is 5.70. The third-order valence-corrected chi connectivity index (χ3v) is 4.33. The van der Waals surface area contributed by atoms with E-state index in [1.807, 2.05) is 29.2 Å². The summed E-state index contributed by atoms with van der Waals surface area (Å²) in [6.45, 7) is 3.21. The minimum absolute atomic E-state index is 0.234. The maximum Gasteiger partial charge on any atom is 0.320 e. The summed E-state index contributed by atoms with van der Waals surface area (Å²) in [6, 6.07) is 18.2. The second-order valence-corrected chi connectivity index (χ2v) is 5.61. The van der Waals surface area contributed by atoms with Crippen molar-refractivity contribution in [1.29, 1.82) is 0 Å². The summed E-state index contributed by atoms with van der Waals surface area (Å²) >= 11 is 0. The molecule has 21 heavy (non-hydrogen) atoms. The maximum absolute atomic E-state index is 11.3. The van der Waals surface area contributed by atoms with Crippen molar-refractivity contribution in [3.63, 3.8) is 0 Å². The van der Waals surface area contributed by atoms with E-state index in [9.17, 15) is 9.90 Å². The Morgan fingerprint density at radius 1 is 1.14 bits per heavy atom. The van der Waals surface area contributed by atoms with Gasteiger partial charge in [-0.15, -0.1) is 0 Å². The predicted molar refractivity (Wildman–Crippen MR) is 82.2 cm³/mol. The van der Waals surface area contributed by atoms with Gasteiger partial charge in [0.15, 0.2) is 0 Å². The van der Waals surface area contributed by atoms with E-state index in [0.29, 0.717) is 6.54 Å². The number of carboxylic acids is 1. The zero-order valence-electron chi connectivity index (χ0n) is 12.1. The first-order valence-electron chi connectivity index (χ1n) is 7.26. The zero-order chi connectivity index (χ0) is 14.8. The highest BCUT2D eigenvalue weighted by Crippen LogP contribution is 2.34. The minimum atomic E-state index is -0.763. The molecule has 0 bridgehead atoms. The van der Waals surface area contributed by atoms with Gasteiger partial charge < -0.3 is 5.11 Å². The highest BCUT2D eigenvalue weighted by Gasteiger charge is 2.31. The molecule has 2 unspecified atom stereocenters. The van der Waals surface area contributed by atoms with E-state index in [2.05, 4.69) is 30.3 Å². The number of carboxylic acid groups (broad SMARTS) is 1. The Bertz CT molecular complexity index is 639. The van der Waals surface area contributed by atoms with E-state index < -0.39 is 12.0 Å². The van der Waals surface area contributed by atoms with Gasteiger partial charge in [-0.1, -0.05) is 54.6 Å². The minimum Gasteiger partial charge on any atom is -0.480 e. The molecule has 0 aliphatic carbocycles. The van der Waals surface area contributed by atoms with Gasteiger partial charge in [0.25, 0.3) is 0 Å². The molecule has 108 valence electrons. The summed E-state index contributed by atoms with van der Waals surface area (Å²) in [6.07, 6.45) is 0. The molecule has 0 saturated heterocycles. The van der Waals surface area contributed by atoms with Gasteiger partial charge in [0, 0.05) is 19.0 Å². The first-order chi connectivity index (χ1) is 10.2. The molecular weight excluding hydrogens is 262 g/mol. The van der Waals surface area contributed by atoms with Crippen molar-refractivity contribution in [2.75, 3.05) is 6.54 Å².